The highest BCUT2D eigenvalue weighted by Gasteiger charge is 1.93. The summed E-state index contributed by atoms with van der Waals surface area (Å²) in [5.41, 5.74) is 1.13. The number of H-pyrrole nitrogens is 2. The van der Waals surface area contributed by atoms with Gasteiger partial charge in [-0.3, -0.25) is 4.98 Å². The summed E-state index contributed by atoms with van der Waals surface area (Å²) < 4.78 is 0. The van der Waals surface area contributed by atoms with Crippen LogP contribution in [0.4, 0.5) is 0 Å². The van der Waals surface area contributed by atoms with E-state index in [-0.39, 0.29) is 18.1 Å². The Balaban J connectivity index is 0.000000605. The van der Waals surface area contributed by atoms with Crippen LogP contribution in [0.25, 0.3) is 11.2 Å². The second-order valence-electron chi connectivity index (χ2n) is 1.98. The predicted octanol–water partition coefficient (Wildman–Crippen LogP) is 0.673. The van der Waals surface area contributed by atoms with Gasteiger partial charge in [-0.2, -0.15) is 0 Å². The number of pyridine rings is 1. The van der Waals surface area contributed by atoms with Gasteiger partial charge in [-0.1, -0.05) is 0 Å². The van der Waals surface area contributed by atoms with Crippen LogP contribution < -0.4 is 5.69 Å². The topological polar surface area (TPSA) is 61.5 Å². The number of rotatable bonds is 0. The molecule has 58 valence electrons. The van der Waals surface area contributed by atoms with Crippen LogP contribution in [-0.2, 0) is 0 Å². The van der Waals surface area contributed by atoms with Gasteiger partial charge in [-0.15, -0.1) is 12.4 Å². The molecule has 0 saturated carbocycles. The number of hydrogen-bond donors (Lipinski definition) is 2. The van der Waals surface area contributed by atoms with Gasteiger partial charge in [0.05, 0.1) is 5.52 Å². The molecular formula is C6H6ClN3O. The van der Waals surface area contributed by atoms with Crippen molar-refractivity contribution < 1.29 is 0 Å². The van der Waals surface area contributed by atoms with Crippen LogP contribution in [0, 0.1) is 0 Å². The Hall–Kier alpha value is -1.29. The van der Waals surface area contributed by atoms with Gasteiger partial charge < -0.3 is 4.98 Å². The maximum atomic E-state index is 10.6. The first-order chi connectivity index (χ1) is 4.86. The zero-order chi connectivity index (χ0) is 6.97. The highest BCUT2D eigenvalue weighted by Crippen LogP contribution is 1.98. The highest BCUT2D eigenvalue weighted by atomic mass is 35.5. The molecule has 0 spiro atoms. The Morgan fingerprint density at radius 3 is 2.91 bits per heavy atom. The van der Waals surface area contributed by atoms with E-state index in [4.69, 9.17) is 0 Å². The molecule has 2 rings (SSSR count). The van der Waals surface area contributed by atoms with Crippen molar-refractivity contribution in [3.05, 3.63) is 28.8 Å². The molecule has 4 nitrogen and oxygen atoms in total. The number of fused-ring (bicyclic) bond motifs is 1. The Morgan fingerprint density at radius 2 is 2.18 bits per heavy atom. The Kier molecular flexibility index (Phi) is 1.96. The minimum absolute atomic E-state index is 0. The minimum atomic E-state index is -0.214. The number of halogens is 1. The molecule has 0 saturated heterocycles. The summed E-state index contributed by atoms with van der Waals surface area (Å²) in [6.07, 6.45) is 1.63. The second kappa shape index (κ2) is 2.75. The van der Waals surface area contributed by atoms with Crippen LogP contribution in [0.5, 0.6) is 0 Å². The molecule has 0 atom stereocenters. The van der Waals surface area contributed by atoms with Crippen molar-refractivity contribution in [2.45, 2.75) is 0 Å². The van der Waals surface area contributed by atoms with Gasteiger partial charge in [0.1, 0.15) is 0 Å². The van der Waals surface area contributed by atoms with E-state index >= 15 is 0 Å². The van der Waals surface area contributed by atoms with Gasteiger partial charge in [0.15, 0.2) is 5.65 Å². The Labute approximate surface area is 68.1 Å². The van der Waals surface area contributed by atoms with Crippen LogP contribution in [0.3, 0.4) is 0 Å². The molecule has 0 aliphatic rings. The van der Waals surface area contributed by atoms with Gasteiger partial charge >= 0.3 is 5.69 Å². The van der Waals surface area contributed by atoms with Crippen LogP contribution in [0.2, 0.25) is 0 Å². The average Bonchev–Trinajstić information content (AvgIpc) is 2.27. The number of hydrogen-bond acceptors (Lipinski definition) is 2. The molecule has 0 aliphatic heterocycles. The van der Waals surface area contributed by atoms with Crippen LogP contribution in [0.15, 0.2) is 23.1 Å². The second-order valence-corrected chi connectivity index (χ2v) is 1.98. The predicted molar refractivity (Wildman–Crippen MR) is 44.0 cm³/mol. The standard InChI is InChI=1S/C6H5N3O.ClH/c10-6-8-4-2-1-3-7-5(4)9-6;/h1-3H,(H2,7,8,9,10);1H. The molecule has 0 aliphatic carbocycles. The first kappa shape index (κ1) is 7.81. The molecule has 0 radical (unpaired) electrons. The molecule has 0 aromatic carbocycles. The fourth-order valence-electron chi connectivity index (χ4n) is 0.867. The molecule has 0 bridgehead atoms. The maximum Gasteiger partial charge on any atom is 0.325 e. The first-order valence-corrected chi connectivity index (χ1v) is 2.89. The largest absolute Gasteiger partial charge is 0.325 e. The Bertz CT molecular complexity index is 369. The number of imidazole rings is 1. The summed E-state index contributed by atoms with van der Waals surface area (Å²) in [7, 11) is 0. The fraction of sp³-hybridized carbons (Fsp3) is 0. The smallest absolute Gasteiger partial charge is 0.304 e. The summed E-state index contributed by atoms with van der Waals surface area (Å²) in [5, 5.41) is 0. The average molecular weight is 172 g/mol. The van der Waals surface area contributed by atoms with Crippen molar-refractivity contribution in [2.24, 2.45) is 0 Å². The van der Waals surface area contributed by atoms with E-state index in [1.54, 1.807) is 18.3 Å². The van der Waals surface area contributed by atoms with E-state index < -0.39 is 0 Å². The van der Waals surface area contributed by atoms with Crippen LogP contribution in [-0.4, -0.2) is 15.0 Å². The van der Waals surface area contributed by atoms with E-state index in [1.807, 2.05) is 0 Å². The maximum absolute atomic E-state index is 10.6. The molecular weight excluding hydrogens is 166 g/mol. The lowest BCUT2D eigenvalue weighted by Crippen LogP contribution is -1.99. The normalized spacial score (nSPS) is 9.45. The van der Waals surface area contributed by atoms with Crippen molar-refractivity contribution in [3.8, 4) is 0 Å². The number of nitrogens with zero attached hydrogens (tertiary/aromatic N) is 1. The van der Waals surface area contributed by atoms with E-state index in [2.05, 4.69) is 15.0 Å². The zero-order valence-corrected chi connectivity index (χ0v) is 6.31. The molecule has 2 aromatic heterocycles. The Morgan fingerprint density at radius 1 is 1.36 bits per heavy atom. The SMILES string of the molecule is Cl.O=c1[nH]c2cccnc2[nH]1. The summed E-state index contributed by atoms with van der Waals surface area (Å²) in [6, 6.07) is 3.56. The van der Waals surface area contributed by atoms with Crippen molar-refractivity contribution in [3.63, 3.8) is 0 Å². The van der Waals surface area contributed by atoms with E-state index in [0.717, 1.165) is 5.52 Å². The third kappa shape index (κ3) is 1.25. The van der Waals surface area contributed by atoms with E-state index in [0.29, 0.717) is 5.65 Å². The lowest BCUT2D eigenvalue weighted by atomic mass is 10.4. The number of aromatic amines is 2. The lowest BCUT2D eigenvalue weighted by molar-refractivity contribution is 1.20. The quantitative estimate of drug-likeness (QED) is 0.612. The van der Waals surface area contributed by atoms with Crippen molar-refractivity contribution in [2.75, 3.05) is 0 Å². The van der Waals surface area contributed by atoms with Crippen molar-refractivity contribution in [1.82, 2.24) is 15.0 Å². The molecule has 5 heteroatoms. The minimum Gasteiger partial charge on any atom is -0.304 e. The fourth-order valence-corrected chi connectivity index (χ4v) is 0.867. The summed E-state index contributed by atoms with van der Waals surface area (Å²) >= 11 is 0. The van der Waals surface area contributed by atoms with Gasteiger partial charge in [0.25, 0.3) is 0 Å². The molecule has 0 fully saturated rings. The molecule has 2 aromatic rings. The third-order valence-electron chi connectivity index (χ3n) is 1.29. The molecule has 0 amide bonds. The molecule has 2 N–H and O–H groups in total. The van der Waals surface area contributed by atoms with Gasteiger partial charge in [0, 0.05) is 6.20 Å². The lowest BCUT2D eigenvalue weighted by Gasteiger charge is -1.81. The van der Waals surface area contributed by atoms with E-state index in [1.165, 1.54) is 0 Å². The van der Waals surface area contributed by atoms with Gasteiger partial charge in [-0.25, -0.2) is 9.78 Å². The summed E-state index contributed by atoms with van der Waals surface area (Å²) in [6.45, 7) is 0. The van der Waals surface area contributed by atoms with Gasteiger partial charge in [0.2, 0.25) is 0 Å². The van der Waals surface area contributed by atoms with Crippen molar-refractivity contribution >= 4 is 23.6 Å². The summed E-state index contributed by atoms with van der Waals surface area (Å²) in [5.74, 6) is 0. The van der Waals surface area contributed by atoms with Gasteiger partial charge in [-0.05, 0) is 12.1 Å². The highest BCUT2D eigenvalue weighted by molar-refractivity contribution is 5.85. The number of nitrogens with one attached hydrogen (secondary N) is 2. The first-order valence-electron chi connectivity index (χ1n) is 2.89. The monoisotopic (exact) mass is 171 g/mol. The molecule has 2 heterocycles. The third-order valence-corrected chi connectivity index (χ3v) is 1.29. The van der Waals surface area contributed by atoms with Crippen LogP contribution >= 0.6 is 12.4 Å². The molecule has 11 heavy (non-hydrogen) atoms. The van der Waals surface area contributed by atoms with E-state index in [9.17, 15) is 4.79 Å². The zero-order valence-electron chi connectivity index (χ0n) is 5.50. The molecule has 0 unspecified atom stereocenters. The number of aromatic nitrogens is 3. The van der Waals surface area contributed by atoms with Crippen molar-refractivity contribution in [1.29, 1.82) is 0 Å². The summed E-state index contributed by atoms with van der Waals surface area (Å²) in [4.78, 5) is 19.7. The van der Waals surface area contributed by atoms with Crippen LogP contribution in [0.1, 0.15) is 0 Å².